The van der Waals surface area contributed by atoms with E-state index in [0.29, 0.717) is 6.04 Å². The summed E-state index contributed by atoms with van der Waals surface area (Å²) in [4.78, 5) is 2.44. The number of hydrogen-bond donors (Lipinski definition) is 2. The van der Waals surface area contributed by atoms with Crippen LogP contribution in [0.1, 0.15) is 18.4 Å². The molecule has 0 spiro atoms. The molecule has 0 bridgehead atoms. The molecule has 24 heavy (non-hydrogen) atoms. The predicted octanol–water partition coefficient (Wildman–Crippen LogP) is 3.78. The quantitative estimate of drug-likeness (QED) is 0.767. The molecule has 2 aromatic carbocycles. The van der Waals surface area contributed by atoms with Crippen molar-refractivity contribution in [1.29, 1.82) is 0 Å². The van der Waals surface area contributed by atoms with Crippen LogP contribution in [0.2, 0.25) is 0 Å². The van der Waals surface area contributed by atoms with Crippen molar-refractivity contribution in [3.8, 4) is 0 Å². The Morgan fingerprint density at radius 1 is 1.21 bits per heavy atom. The van der Waals surface area contributed by atoms with Gasteiger partial charge in [-0.15, -0.1) is 0 Å². The fourth-order valence-electron chi connectivity index (χ4n) is 3.43. The maximum Gasteiger partial charge on any atom is 0.123 e. The van der Waals surface area contributed by atoms with E-state index < -0.39 is 0 Å². The molecule has 1 aliphatic heterocycles. The number of benzene rings is 2. The molecule has 4 nitrogen and oxygen atoms in total. The van der Waals surface area contributed by atoms with Gasteiger partial charge in [0.05, 0.1) is 11.7 Å². The number of nitrogens with zero attached hydrogens (tertiary/aromatic N) is 2. The molecule has 1 aliphatic rings. The van der Waals surface area contributed by atoms with Crippen LogP contribution < -0.4 is 5.32 Å². The first-order valence-corrected chi connectivity index (χ1v) is 8.43. The number of aromatic amines is 1. The Kier molecular flexibility index (Phi) is 4.17. The fraction of sp³-hybridized carbons (Fsp3) is 0.316. The molecule has 1 aromatic heterocycles. The van der Waals surface area contributed by atoms with E-state index in [4.69, 9.17) is 0 Å². The Morgan fingerprint density at radius 3 is 2.96 bits per heavy atom. The van der Waals surface area contributed by atoms with Crippen LogP contribution in [-0.2, 0) is 6.54 Å². The first-order chi connectivity index (χ1) is 11.8. The van der Waals surface area contributed by atoms with E-state index in [9.17, 15) is 4.39 Å². The van der Waals surface area contributed by atoms with Crippen LogP contribution in [0.3, 0.4) is 0 Å². The SMILES string of the molecule is Fc1ccc(CN2CCC[C@H](Nc3ccc4[nH]ncc4c3)C2)cc1. The standard InChI is InChI=1S/C19H21FN4/c20-16-5-3-14(4-6-16)12-24-9-1-2-18(13-24)22-17-7-8-19-15(10-17)11-21-23-19/h3-8,10-11,18,22H,1-2,9,12-13H2,(H,21,23)/t18-/m0/s1. The lowest BCUT2D eigenvalue weighted by Crippen LogP contribution is -2.41. The summed E-state index contributed by atoms with van der Waals surface area (Å²) < 4.78 is 13.0. The van der Waals surface area contributed by atoms with Gasteiger partial charge in [-0.05, 0) is 55.3 Å². The average molecular weight is 324 g/mol. The molecule has 1 saturated heterocycles. The van der Waals surface area contributed by atoms with Gasteiger partial charge in [0.1, 0.15) is 5.82 Å². The number of rotatable bonds is 4. The van der Waals surface area contributed by atoms with Gasteiger partial charge < -0.3 is 5.32 Å². The Hall–Kier alpha value is -2.40. The second-order valence-electron chi connectivity index (χ2n) is 6.52. The smallest absolute Gasteiger partial charge is 0.123 e. The first kappa shape index (κ1) is 15.1. The molecule has 1 fully saturated rings. The van der Waals surface area contributed by atoms with Crippen molar-refractivity contribution in [2.24, 2.45) is 0 Å². The topological polar surface area (TPSA) is 44.0 Å². The minimum absolute atomic E-state index is 0.174. The highest BCUT2D eigenvalue weighted by Gasteiger charge is 2.20. The Labute approximate surface area is 140 Å². The van der Waals surface area contributed by atoms with Crippen LogP contribution in [0.25, 0.3) is 10.9 Å². The molecule has 5 heteroatoms. The second-order valence-corrected chi connectivity index (χ2v) is 6.52. The van der Waals surface area contributed by atoms with Gasteiger partial charge in [0, 0.05) is 30.2 Å². The molecule has 4 rings (SSSR count). The van der Waals surface area contributed by atoms with Crippen LogP contribution in [0.4, 0.5) is 10.1 Å². The van der Waals surface area contributed by atoms with Gasteiger partial charge in [0.2, 0.25) is 0 Å². The second kappa shape index (κ2) is 6.61. The number of aromatic nitrogens is 2. The lowest BCUT2D eigenvalue weighted by molar-refractivity contribution is 0.208. The van der Waals surface area contributed by atoms with Gasteiger partial charge >= 0.3 is 0 Å². The summed E-state index contributed by atoms with van der Waals surface area (Å²) in [5.41, 5.74) is 3.36. The van der Waals surface area contributed by atoms with Gasteiger partial charge in [0.15, 0.2) is 0 Å². The summed E-state index contributed by atoms with van der Waals surface area (Å²) in [6.07, 6.45) is 4.19. The number of likely N-dealkylation sites (tertiary alicyclic amines) is 1. The van der Waals surface area contributed by atoms with E-state index in [1.165, 1.54) is 25.0 Å². The monoisotopic (exact) mass is 324 g/mol. The fourth-order valence-corrected chi connectivity index (χ4v) is 3.43. The van der Waals surface area contributed by atoms with E-state index in [0.717, 1.165) is 41.8 Å². The largest absolute Gasteiger partial charge is 0.381 e. The molecular weight excluding hydrogens is 303 g/mol. The molecule has 0 radical (unpaired) electrons. The minimum Gasteiger partial charge on any atom is -0.381 e. The third-order valence-electron chi connectivity index (χ3n) is 4.64. The Bertz CT molecular complexity index is 812. The maximum atomic E-state index is 13.0. The summed E-state index contributed by atoms with van der Waals surface area (Å²) in [5, 5.41) is 11.8. The molecule has 0 aliphatic carbocycles. The molecule has 2 N–H and O–H groups in total. The van der Waals surface area contributed by atoms with Crippen LogP contribution in [-0.4, -0.2) is 34.2 Å². The molecule has 0 amide bonds. The van der Waals surface area contributed by atoms with Crippen molar-refractivity contribution in [2.45, 2.75) is 25.4 Å². The van der Waals surface area contributed by atoms with Crippen molar-refractivity contribution in [3.05, 3.63) is 60.0 Å². The molecule has 0 unspecified atom stereocenters. The van der Waals surface area contributed by atoms with Gasteiger partial charge in [-0.2, -0.15) is 5.10 Å². The Balaban J connectivity index is 1.39. The normalized spacial score (nSPS) is 18.8. The maximum absolute atomic E-state index is 13.0. The Morgan fingerprint density at radius 2 is 2.08 bits per heavy atom. The summed E-state index contributed by atoms with van der Waals surface area (Å²) in [5.74, 6) is -0.174. The third-order valence-corrected chi connectivity index (χ3v) is 4.64. The molecule has 2 heterocycles. The van der Waals surface area contributed by atoms with E-state index in [1.807, 2.05) is 18.3 Å². The number of nitrogens with one attached hydrogen (secondary N) is 2. The van der Waals surface area contributed by atoms with E-state index in [2.05, 4.69) is 38.6 Å². The number of anilines is 1. The zero-order valence-corrected chi connectivity index (χ0v) is 13.5. The van der Waals surface area contributed by atoms with Crippen LogP contribution >= 0.6 is 0 Å². The minimum atomic E-state index is -0.174. The lowest BCUT2D eigenvalue weighted by atomic mass is 10.0. The van der Waals surface area contributed by atoms with Crippen LogP contribution in [0.15, 0.2) is 48.7 Å². The molecule has 1 atom stereocenters. The number of piperidine rings is 1. The highest BCUT2D eigenvalue weighted by atomic mass is 19.1. The average Bonchev–Trinajstić information content (AvgIpc) is 3.05. The van der Waals surface area contributed by atoms with E-state index >= 15 is 0 Å². The summed E-state index contributed by atoms with van der Waals surface area (Å²) in [6, 6.07) is 13.5. The van der Waals surface area contributed by atoms with Gasteiger partial charge in [-0.1, -0.05) is 12.1 Å². The first-order valence-electron chi connectivity index (χ1n) is 8.43. The van der Waals surface area contributed by atoms with Gasteiger partial charge in [-0.3, -0.25) is 10.00 Å². The molecule has 3 aromatic rings. The zero-order chi connectivity index (χ0) is 16.4. The predicted molar refractivity (Wildman–Crippen MR) is 94.4 cm³/mol. The summed E-state index contributed by atoms with van der Waals surface area (Å²) in [6.45, 7) is 2.97. The lowest BCUT2D eigenvalue weighted by Gasteiger charge is -2.33. The highest BCUT2D eigenvalue weighted by molar-refractivity contribution is 5.81. The van der Waals surface area contributed by atoms with E-state index in [1.54, 1.807) is 0 Å². The van der Waals surface area contributed by atoms with Gasteiger partial charge in [0.25, 0.3) is 0 Å². The van der Waals surface area contributed by atoms with Crippen LogP contribution in [0, 0.1) is 5.82 Å². The zero-order valence-electron chi connectivity index (χ0n) is 13.5. The molecule has 124 valence electrons. The highest BCUT2D eigenvalue weighted by Crippen LogP contribution is 2.21. The molecular formula is C19H21FN4. The van der Waals surface area contributed by atoms with Crippen LogP contribution in [0.5, 0.6) is 0 Å². The number of hydrogen-bond acceptors (Lipinski definition) is 3. The van der Waals surface area contributed by atoms with Gasteiger partial charge in [-0.25, -0.2) is 4.39 Å². The molecule has 0 saturated carbocycles. The van der Waals surface area contributed by atoms with Crippen molar-refractivity contribution in [3.63, 3.8) is 0 Å². The van der Waals surface area contributed by atoms with Crippen molar-refractivity contribution in [2.75, 3.05) is 18.4 Å². The number of fused-ring (bicyclic) bond motifs is 1. The van der Waals surface area contributed by atoms with Crippen molar-refractivity contribution < 1.29 is 4.39 Å². The van der Waals surface area contributed by atoms with Crippen molar-refractivity contribution >= 4 is 16.6 Å². The third kappa shape index (κ3) is 3.41. The van der Waals surface area contributed by atoms with Crippen molar-refractivity contribution in [1.82, 2.24) is 15.1 Å². The van der Waals surface area contributed by atoms with E-state index in [-0.39, 0.29) is 5.82 Å². The summed E-state index contributed by atoms with van der Waals surface area (Å²) >= 11 is 0. The summed E-state index contributed by atoms with van der Waals surface area (Å²) in [7, 11) is 0. The number of halogens is 1. The number of H-pyrrole nitrogens is 1.